The second-order valence-electron chi connectivity index (χ2n) is 2.54. The molecule has 0 heterocycles. The van der Waals surface area contributed by atoms with Crippen molar-refractivity contribution in [1.29, 1.82) is 0 Å². The first-order valence-electron chi connectivity index (χ1n) is 4.07. The van der Waals surface area contributed by atoms with Crippen molar-refractivity contribution in [3.05, 3.63) is 24.3 Å². The normalized spacial score (nSPS) is 9.21. The van der Waals surface area contributed by atoms with Crippen LogP contribution in [0.3, 0.4) is 0 Å². The predicted octanol–water partition coefficient (Wildman–Crippen LogP) is 1.19. The van der Waals surface area contributed by atoms with Crippen LogP contribution in [0.1, 0.15) is 6.92 Å². The van der Waals surface area contributed by atoms with Gasteiger partial charge in [0, 0.05) is 6.92 Å². The number of carbonyl (C=O) groups is 2. The minimum atomic E-state index is -0.369. The molecular weight excluding hydrogens is 184 g/mol. The molecule has 1 aromatic carbocycles. The first kappa shape index (κ1) is 10.2. The zero-order chi connectivity index (χ0) is 10.4. The van der Waals surface area contributed by atoms with Gasteiger partial charge in [-0.1, -0.05) is 0 Å². The van der Waals surface area contributed by atoms with Crippen molar-refractivity contribution in [2.75, 3.05) is 6.61 Å². The fourth-order valence-electron chi connectivity index (χ4n) is 0.900. The molecule has 0 unspecified atom stereocenters. The van der Waals surface area contributed by atoms with Gasteiger partial charge >= 0.3 is 5.97 Å². The highest BCUT2D eigenvalue weighted by atomic mass is 16.5. The van der Waals surface area contributed by atoms with Crippen LogP contribution in [0, 0.1) is 0 Å². The molecule has 0 aliphatic carbocycles. The van der Waals surface area contributed by atoms with E-state index in [1.165, 1.54) is 6.92 Å². The first-order chi connectivity index (χ1) is 6.72. The molecule has 0 fully saturated rings. The average molecular weight is 194 g/mol. The molecule has 1 aromatic rings. The van der Waals surface area contributed by atoms with E-state index >= 15 is 0 Å². The van der Waals surface area contributed by atoms with Crippen LogP contribution in [0.5, 0.6) is 11.5 Å². The summed E-state index contributed by atoms with van der Waals surface area (Å²) in [6.07, 6.45) is 0.667. The molecule has 0 aliphatic heterocycles. The van der Waals surface area contributed by atoms with Gasteiger partial charge in [0.05, 0.1) is 0 Å². The lowest BCUT2D eigenvalue weighted by Crippen LogP contribution is -2.01. The molecule has 0 amide bonds. The molecule has 14 heavy (non-hydrogen) atoms. The standard InChI is InChI=1S/C10H10O4/c1-8(12)14-10-4-2-9(3-5-10)13-7-6-11/h2-6H,7H2,1H3. The van der Waals surface area contributed by atoms with Gasteiger partial charge in [-0.2, -0.15) is 0 Å². The van der Waals surface area contributed by atoms with Gasteiger partial charge in [-0.25, -0.2) is 0 Å². The third-order valence-corrected chi connectivity index (χ3v) is 1.40. The van der Waals surface area contributed by atoms with E-state index in [1.807, 2.05) is 0 Å². The number of aldehydes is 1. The van der Waals surface area contributed by atoms with Crippen molar-refractivity contribution in [2.24, 2.45) is 0 Å². The largest absolute Gasteiger partial charge is 0.486 e. The lowest BCUT2D eigenvalue weighted by atomic mass is 10.3. The van der Waals surface area contributed by atoms with Gasteiger partial charge in [0.1, 0.15) is 18.1 Å². The molecule has 74 valence electrons. The predicted molar refractivity (Wildman–Crippen MR) is 49.3 cm³/mol. The molecule has 4 nitrogen and oxygen atoms in total. The lowest BCUT2D eigenvalue weighted by Gasteiger charge is -2.03. The molecule has 0 saturated carbocycles. The molecule has 0 bridgehead atoms. The number of rotatable bonds is 4. The van der Waals surface area contributed by atoms with E-state index < -0.39 is 0 Å². The Kier molecular flexibility index (Phi) is 3.67. The molecule has 0 radical (unpaired) electrons. The van der Waals surface area contributed by atoms with Crippen LogP contribution in [0.15, 0.2) is 24.3 Å². The topological polar surface area (TPSA) is 52.6 Å². The smallest absolute Gasteiger partial charge is 0.308 e. The lowest BCUT2D eigenvalue weighted by molar-refractivity contribution is -0.131. The summed E-state index contributed by atoms with van der Waals surface area (Å²) >= 11 is 0. The monoisotopic (exact) mass is 194 g/mol. The second kappa shape index (κ2) is 5.01. The van der Waals surface area contributed by atoms with Crippen molar-refractivity contribution in [1.82, 2.24) is 0 Å². The number of hydrogen-bond acceptors (Lipinski definition) is 4. The SMILES string of the molecule is CC(=O)Oc1ccc(OCC=O)cc1. The Hall–Kier alpha value is -1.84. The number of carbonyl (C=O) groups excluding carboxylic acids is 2. The molecule has 0 saturated heterocycles. The van der Waals surface area contributed by atoms with Gasteiger partial charge < -0.3 is 9.47 Å². The second-order valence-corrected chi connectivity index (χ2v) is 2.54. The summed E-state index contributed by atoms with van der Waals surface area (Å²) in [6.45, 7) is 1.35. The van der Waals surface area contributed by atoms with Crippen molar-refractivity contribution >= 4 is 12.3 Å². The molecule has 0 N–H and O–H groups in total. The fourth-order valence-corrected chi connectivity index (χ4v) is 0.900. The fraction of sp³-hybridized carbons (Fsp3) is 0.200. The van der Waals surface area contributed by atoms with Crippen molar-refractivity contribution in [2.45, 2.75) is 6.92 Å². The van der Waals surface area contributed by atoms with E-state index in [-0.39, 0.29) is 12.6 Å². The van der Waals surface area contributed by atoms with E-state index in [2.05, 4.69) is 0 Å². The van der Waals surface area contributed by atoms with E-state index in [0.717, 1.165) is 0 Å². The Morgan fingerprint density at radius 2 is 1.86 bits per heavy atom. The Morgan fingerprint density at radius 1 is 1.29 bits per heavy atom. The Morgan fingerprint density at radius 3 is 2.36 bits per heavy atom. The van der Waals surface area contributed by atoms with Gasteiger partial charge in [-0.05, 0) is 24.3 Å². The van der Waals surface area contributed by atoms with E-state index in [9.17, 15) is 9.59 Å². The Bertz CT molecular complexity index is 315. The third-order valence-electron chi connectivity index (χ3n) is 1.40. The molecular formula is C10H10O4. The van der Waals surface area contributed by atoms with Gasteiger partial charge in [0.25, 0.3) is 0 Å². The number of hydrogen-bond donors (Lipinski definition) is 0. The summed E-state index contributed by atoms with van der Waals surface area (Å²) in [5, 5.41) is 0. The van der Waals surface area contributed by atoms with Gasteiger partial charge in [0.2, 0.25) is 0 Å². The van der Waals surface area contributed by atoms with Crippen molar-refractivity contribution in [3.63, 3.8) is 0 Å². The van der Waals surface area contributed by atoms with Crippen molar-refractivity contribution in [3.8, 4) is 11.5 Å². The quantitative estimate of drug-likeness (QED) is 0.410. The Balaban J connectivity index is 2.58. The van der Waals surface area contributed by atoms with E-state index in [1.54, 1.807) is 24.3 Å². The zero-order valence-corrected chi connectivity index (χ0v) is 7.73. The van der Waals surface area contributed by atoms with Gasteiger partial charge in [0.15, 0.2) is 6.29 Å². The summed E-state index contributed by atoms with van der Waals surface area (Å²) in [7, 11) is 0. The summed E-state index contributed by atoms with van der Waals surface area (Å²) < 4.78 is 9.82. The van der Waals surface area contributed by atoms with Crippen LogP contribution in [-0.4, -0.2) is 18.9 Å². The summed E-state index contributed by atoms with van der Waals surface area (Å²) in [6, 6.07) is 6.45. The minimum absolute atomic E-state index is 0.0207. The summed E-state index contributed by atoms with van der Waals surface area (Å²) in [5.74, 6) is 0.649. The number of benzene rings is 1. The van der Waals surface area contributed by atoms with Crippen LogP contribution < -0.4 is 9.47 Å². The molecule has 0 spiro atoms. The molecule has 0 atom stereocenters. The zero-order valence-electron chi connectivity index (χ0n) is 7.73. The molecule has 4 heteroatoms. The van der Waals surface area contributed by atoms with Crippen LogP contribution in [-0.2, 0) is 9.59 Å². The highest BCUT2D eigenvalue weighted by molar-refractivity contribution is 5.69. The highest BCUT2D eigenvalue weighted by Gasteiger charge is 1.98. The number of esters is 1. The maximum atomic E-state index is 10.6. The highest BCUT2D eigenvalue weighted by Crippen LogP contribution is 2.17. The van der Waals surface area contributed by atoms with Gasteiger partial charge in [-0.3, -0.25) is 9.59 Å². The third kappa shape index (κ3) is 3.26. The number of ether oxygens (including phenoxy) is 2. The maximum Gasteiger partial charge on any atom is 0.308 e. The molecule has 0 aromatic heterocycles. The van der Waals surface area contributed by atoms with E-state index in [4.69, 9.17) is 9.47 Å². The van der Waals surface area contributed by atoms with Crippen LogP contribution in [0.25, 0.3) is 0 Å². The van der Waals surface area contributed by atoms with Gasteiger partial charge in [-0.15, -0.1) is 0 Å². The van der Waals surface area contributed by atoms with Crippen LogP contribution in [0.2, 0.25) is 0 Å². The summed E-state index contributed by atoms with van der Waals surface area (Å²) in [5.41, 5.74) is 0. The first-order valence-corrected chi connectivity index (χ1v) is 4.07. The Labute approximate surface area is 81.4 Å². The molecule has 0 aliphatic rings. The average Bonchev–Trinajstić information content (AvgIpc) is 2.16. The van der Waals surface area contributed by atoms with Crippen LogP contribution in [0.4, 0.5) is 0 Å². The maximum absolute atomic E-state index is 10.6. The summed E-state index contributed by atoms with van der Waals surface area (Å²) in [4.78, 5) is 20.6. The molecule has 1 rings (SSSR count). The minimum Gasteiger partial charge on any atom is -0.486 e. The van der Waals surface area contributed by atoms with E-state index in [0.29, 0.717) is 17.8 Å². The van der Waals surface area contributed by atoms with Crippen molar-refractivity contribution < 1.29 is 19.1 Å². The van der Waals surface area contributed by atoms with Crippen LogP contribution >= 0.6 is 0 Å².